The second kappa shape index (κ2) is 10.7. The van der Waals surface area contributed by atoms with E-state index in [0.717, 1.165) is 0 Å². The number of carbonyl (C=O) groups is 1. The molecular weight excluding hydrogens is 529 g/mol. The average molecular weight is 555 g/mol. The lowest BCUT2D eigenvalue weighted by Crippen LogP contribution is -2.14. The highest BCUT2D eigenvalue weighted by atomic mass is 35.5. The van der Waals surface area contributed by atoms with Gasteiger partial charge in [0.1, 0.15) is 0 Å². The number of benzene rings is 3. The van der Waals surface area contributed by atoms with Crippen LogP contribution in [0, 0.1) is 0 Å². The molecule has 3 aromatic carbocycles. The van der Waals surface area contributed by atoms with E-state index in [1.54, 1.807) is 57.2 Å². The van der Waals surface area contributed by atoms with Crippen molar-refractivity contribution in [1.29, 1.82) is 0 Å². The van der Waals surface area contributed by atoms with E-state index < -0.39 is 24.9 Å². The molecule has 6 nitrogen and oxygen atoms in total. The topological polar surface area (TPSA) is 97.4 Å². The predicted octanol–water partition coefficient (Wildman–Crippen LogP) is 5.82. The maximum atomic E-state index is 12.5. The lowest BCUT2D eigenvalue weighted by atomic mass is 10.0. The summed E-state index contributed by atoms with van der Waals surface area (Å²) in [5, 5.41) is 2.79. The van der Waals surface area contributed by atoms with Crippen molar-refractivity contribution in [3.63, 3.8) is 0 Å². The number of amides is 1. The van der Waals surface area contributed by atoms with Crippen molar-refractivity contribution in [3.8, 4) is 11.1 Å². The van der Waals surface area contributed by atoms with Gasteiger partial charge in [-0.05, 0) is 61.4 Å². The van der Waals surface area contributed by atoms with Crippen molar-refractivity contribution in [2.24, 2.45) is 0 Å². The summed E-state index contributed by atoms with van der Waals surface area (Å²) in [6.45, 7) is 4.82. The standard InChI is InChI=1S/C25H25Cl2NO5S2/c1-4-34(30,31)20-9-5-17(6-10-20)13-24(29)28-19-14-22(26)25(23(27)15-19)18-7-11-21(12-8-18)35(32,33)16(2)3/h5-12,14-16H,4,13H2,1-3H3,(H,28,29). The van der Waals surface area contributed by atoms with Crippen LogP contribution in [-0.4, -0.2) is 33.7 Å². The second-order valence-electron chi connectivity index (χ2n) is 8.21. The van der Waals surface area contributed by atoms with E-state index >= 15 is 0 Å². The maximum Gasteiger partial charge on any atom is 0.228 e. The SMILES string of the molecule is CCS(=O)(=O)c1ccc(CC(=O)Nc2cc(Cl)c(-c3ccc(S(=O)(=O)C(C)C)cc3)c(Cl)c2)cc1. The fourth-order valence-electron chi connectivity index (χ4n) is 3.38. The van der Waals surface area contributed by atoms with Crippen LogP contribution in [-0.2, 0) is 30.9 Å². The molecule has 1 N–H and O–H groups in total. The zero-order chi connectivity index (χ0) is 26.0. The summed E-state index contributed by atoms with van der Waals surface area (Å²) in [7, 11) is -6.70. The Balaban J connectivity index is 1.76. The Morgan fingerprint density at radius 3 is 1.86 bits per heavy atom. The lowest BCUT2D eigenvalue weighted by molar-refractivity contribution is -0.115. The van der Waals surface area contributed by atoms with Gasteiger partial charge in [0.05, 0.1) is 37.3 Å². The van der Waals surface area contributed by atoms with Crippen LogP contribution in [0.15, 0.2) is 70.5 Å². The van der Waals surface area contributed by atoms with Gasteiger partial charge in [-0.15, -0.1) is 0 Å². The number of rotatable bonds is 8. The quantitative estimate of drug-likeness (QED) is 0.379. The molecule has 0 saturated carbocycles. The fraction of sp³-hybridized carbons (Fsp3) is 0.240. The van der Waals surface area contributed by atoms with E-state index in [4.69, 9.17) is 23.2 Å². The van der Waals surface area contributed by atoms with E-state index in [1.165, 1.54) is 24.3 Å². The van der Waals surface area contributed by atoms with Crippen molar-refractivity contribution < 1.29 is 21.6 Å². The van der Waals surface area contributed by atoms with Gasteiger partial charge in [0, 0.05) is 11.3 Å². The summed E-state index contributed by atoms with van der Waals surface area (Å²) in [5.41, 5.74) is 2.22. The van der Waals surface area contributed by atoms with Gasteiger partial charge >= 0.3 is 0 Å². The highest BCUT2D eigenvalue weighted by Gasteiger charge is 2.20. The summed E-state index contributed by atoms with van der Waals surface area (Å²) >= 11 is 12.9. The first kappa shape index (κ1) is 27.2. The molecule has 0 saturated heterocycles. The third-order valence-corrected chi connectivity index (χ3v) is 9.96. The first-order valence-corrected chi connectivity index (χ1v) is 14.8. The van der Waals surface area contributed by atoms with Crippen LogP contribution in [0.1, 0.15) is 26.3 Å². The molecular formula is C25H25Cl2NO5S2. The minimum absolute atomic E-state index is 0.00549. The van der Waals surface area contributed by atoms with Crippen molar-refractivity contribution in [3.05, 3.63) is 76.3 Å². The molecule has 3 rings (SSSR count). The Kier molecular flexibility index (Phi) is 8.32. The lowest BCUT2D eigenvalue weighted by Gasteiger charge is -2.13. The van der Waals surface area contributed by atoms with Crippen LogP contribution in [0.25, 0.3) is 11.1 Å². The molecule has 0 radical (unpaired) electrons. The number of hydrogen-bond donors (Lipinski definition) is 1. The molecule has 186 valence electrons. The molecule has 0 aromatic heterocycles. The van der Waals surface area contributed by atoms with Gasteiger partial charge in [0.25, 0.3) is 0 Å². The van der Waals surface area contributed by atoms with E-state index in [-0.39, 0.29) is 27.9 Å². The van der Waals surface area contributed by atoms with Gasteiger partial charge in [-0.2, -0.15) is 0 Å². The zero-order valence-corrected chi connectivity index (χ0v) is 22.5. The number of carbonyl (C=O) groups excluding carboxylic acids is 1. The number of anilines is 1. The second-order valence-corrected chi connectivity index (χ2v) is 13.8. The Bertz CT molecular complexity index is 1430. The minimum atomic E-state index is -3.40. The summed E-state index contributed by atoms with van der Waals surface area (Å²) in [5.74, 6) is -0.315. The van der Waals surface area contributed by atoms with Crippen LogP contribution in [0.3, 0.4) is 0 Å². The third-order valence-electron chi connectivity index (χ3n) is 5.45. The Morgan fingerprint density at radius 1 is 0.857 bits per heavy atom. The monoisotopic (exact) mass is 553 g/mol. The smallest absolute Gasteiger partial charge is 0.228 e. The Labute approximate surface area is 216 Å². The molecule has 1 amide bonds. The van der Waals surface area contributed by atoms with Gasteiger partial charge in [-0.1, -0.05) is 54.4 Å². The molecule has 0 spiro atoms. The first-order chi connectivity index (χ1) is 16.3. The minimum Gasteiger partial charge on any atom is -0.326 e. The molecule has 0 aliphatic rings. The molecule has 35 heavy (non-hydrogen) atoms. The highest BCUT2D eigenvalue weighted by Crippen LogP contribution is 2.38. The molecule has 0 heterocycles. The molecule has 10 heteroatoms. The van der Waals surface area contributed by atoms with Crippen molar-refractivity contribution in [2.75, 3.05) is 11.1 Å². The molecule has 0 aliphatic carbocycles. The van der Waals surface area contributed by atoms with Crippen LogP contribution in [0.2, 0.25) is 10.0 Å². The van der Waals surface area contributed by atoms with Crippen LogP contribution < -0.4 is 5.32 Å². The predicted molar refractivity (Wildman–Crippen MR) is 141 cm³/mol. The first-order valence-electron chi connectivity index (χ1n) is 10.8. The number of sulfone groups is 2. The average Bonchev–Trinajstić information content (AvgIpc) is 2.79. The number of hydrogen-bond acceptors (Lipinski definition) is 5. The van der Waals surface area contributed by atoms with Gasteiger partial charge in [-0.25, -0.2) is 16.8 Å². The van der Waals surface area contributed by atoms with Gasteiger partial charge in [-0.3, -0.25) is 4.79 Å². The van der Waals surface area contributed by atoms with Crippen molar-refractivity contribution in [1.82, 2.24) is 0 Å². The van der Waals surface area contributed by atoms with Crippen molar-refractivity contribution in [2.45, 2.75) is 42.2 Å². The summed E-state index contributed by atoms with van der Waals surface area (Å²) in [6.07, 6.45) is 0.0369. The van der Waals surface area contributed by atoms with Crippen molar-refractivity contribution >= 4 is 54.5 Å². The Hall–Kier alpha value is -2.39. The maximum absolute atomic E-state index is 12.5. The van der Waals surface area contributed by atoms with Crippen LogP contribution in [0.4, 0.5) is 5.69 Å². The number of halogens is 2. The van der Waals surface area contributed by atoms with Gasteiger partial charge in [0.15, 0.2) is 19.7 Å². The van der Waals surface area contributed by atoms with E-state index in [1.807, 2.05) is 0 Å². The third kappa shape index (κ3) is 6.25. The molecule has 0 bridgehead atoms. The summed E-state index contributed by atoms with van der Waals surface area (Å²) in [4.78, 5) is 12.9. The summed E-state index contributed by atoms with van der Waals surface area (Å²) < 4.78 is 48.5. The normalized spacial score (nSPS) is 12.1. The highest BCUT2D eigenvalue weighted by molar-refractivity contribution is 7.92. The fourth-order valence-corrected chi connectivity index (χ4v) is 6.03. The molecule has 0 aliphatic heterocycles. The van der Waals surface area contributed by atoms with Crippen LogP contribution >= 0.6 is 23.2 Å². The molecule has 0 atom stereocenters. The van der Waals surface area contributed by atoms with Crippen LogP contribution in [0.5, 0.6) is 0 Å². The van der Waals surface area contributed by atoms with E-state index in [0.29, 0.717) is 32.4 Å². The molecule has 3 aromatic rings. The van der Waals surface area contributed by atoms with Gasteiger partial charge < -0.3 is 5.32 Å². The number of nitrogens with one attached hydrogen (secondary N) is 1. The largest absolute Gasteiger partial charge is 0.326 e. The molecule has 0 unspecified atom stereocenters. The zero-order valence-electron chi connectivity index (χ0n) is 19.4. The van der Waals surface area contributed by atoms with E-state index in [2.05, 4.69) is 5.32 Å². The van der Waals surface area contributed by atoms with E-state index in [9.17, 15) is 21.6 Å². The van der Waals surface area contributed by atoms with Gasteiger partial charge in [0.2, 0.25) is 5.91 Å². The molecule has 0 fully saturated rings. The Morgan fingerprint density at radius 2 is 1.37 bits per heavy atom. The summed E-state index contributed by atoms with van der Waals surface area (Å²) in [6, 6.07) is 15.6.